The van der Waals surface area contributed by atoms with Crippen LogP contribution >= 0.6 is 0 Å². The second-order valence-electron chi connectivity index (χ2n) is 3.78. The van der Waals surface area contributed by atoms with E-state index in [-0.39, 0.29) is 0 Å². The Hall–Kier alpha value is -0.333. The Bertz CT molecular complexity index is 271. The summed E-state index contributed by atoms with van der Waals surface area (Å²) in [5.74, 6) is 0. The maximum atomic E-state index is 9.27. The fourth-order valence-corrected chi connectivity index (χ4v) is 6.66. The normalized spacial score (nSPS) is 18.5. The van der Waals surface area contributed by atoms with E-state index in [1.165, 1.54) is 0 Å². The molecule has 1 rings (SSSR count). The summed E-state index contributed by atoms with van der Waals surface area (Å²) < 4.78 is 0. The van der Waals surface area contributed by atoms with Crippen molar-refractivity contribution in [1.29, 1.82) is 0 Å². The molecule has 0 fully saturated rings. The Kier molecular flexibility index (Phi) is 3.97. The summed E-state index contributed by atoms with van der Waals surface area (Å²) in [5, 5.41) is 38.3. The molecule has 0 bridgehead atoms. The van der Waals surface area contributed by atoms with Crippen molar-refractivity contribution in [3.63, 3.8) is 0 Å². The Morgan fingerprint density at radius 1 is 0.933 bits per heavy atom. The molecule has 0 amide bonds. The van der Waals surface area contributed by atoms with Gasteiger partial charge < -0.3 is 20.1 Å². The van der Waals surface area contributed by atoms with E-state index in [0.29, 0.717) is 10.2 Å². The minimum atomic E-state index is -2.24. The van der Waals surface area contributed by atoms with Gasteiger partial charge in [-0.25, -0.2) is 0 Å². The molecule has 0 aromatic heterocycles. The SMILES string of the molecule is CC[Si]1(CC)C(B(O)O)=CC=C1B(O)O. The Labute approximate surface area is 91.3 Å². The van der Waals surface area contributed by atoms with Crippen molar-refractivity contribution in [1.82, 2.24) is 0 Å². The smallest absolute Gasteiger partial charge is 0.424 e. The van der Waals surface area contributed by atoms with Crippen molar-refractivity contribution >= 4 is 22.3 Å². The molecule has 0 unspecified atom stereocenters. The molecule has 15 heavy (non-hydrogen) atoms. The molecule has 4 N–H and O–H groups in total. The van der Waals surface area contributed by atoms with Gasteiger partial charge >= 0.3 is 14.2 Å². The van der Waals surface area contributed by atoms with Crippen molar-refractivity contribution in [3.05, 3.63) is 22.3 Å². The van der Waals surface area contributed by atoms with E-state index in [0.717, 1.165) is 12.1 Å². The monoisotopic (exact) mass is 226 g/mol. The van der Waals surface area contributed by atoms with Crippen molar-refractivity contribution in [2.45, 2.75) is 25.9 Å². The Morgan fingerprint density at radius 2 is 1.27 bits per heavy atom. The van der Waals surface area contributed by atoms with Crippen LogP contribution in [0.4, 0.5) is 0 Å². The molecule has 1 aliphatic rings. The van der Waals surface area contributed by atoms with Crippen LogP contribution in [0.3, 0.4) is 0 Å². The first-order chi connectivity index (χ1) is 6.99. The lowest BCUT2D eigenvalue weighted by molar-refractivity contribution is 0.421. The van der Waals surface area contributed by atoms with E-state index < -0.39 is 22.3 Å². The average molecular weight is 226 g/mol. The highest BCUT2D eigenvalue weighted by Crippen LogP contribution is 2.37. The molecule has 82 valence electrons. The third-order valence-electron chi connectivity index (χ3n) is 3.31. The van der Waals surface area contributed by atoms with Crippen LogP contribution in [0.2, 0.25) is 12.1 Å². The van der Waals surface area contributed by atoms with Crippen LogP contribution < -0.4 is 0 Å². The van der Waals surface area contributed by atoms with E-state index in [4.69, 9.17) is 0 Å². The van der Waals surface area contributed by atoms with Gasteiger partial charge in [-0.1, -0.05) is 38.1 Å². The highest BCUT2D eigenvalue weighted by atomic mass is 28.3. The van der Waals surface area contributed by atoms with Crippen LogP contribution in [0.15, 0.2) is 22.3 Å². The molecule has 0 radical (unpaired) electrons. The molecule has 0 atom stereocenters. The Morgan fingerprint density at radius 3 is 1.47 bits per heavy atom. The summed E-state index contributed by atoms with van der Waals surface area (Å²) in [6.07, 6.45) is 3.25. The molecule has 1 heterocycles. The van der Waals surface area contributed by atoms with Gasteiger partial charge in [0.15, 0.2) is 0 Å². The highest BCUT2D eigenvalue weighted by molar-refractivity contribution is 7.08. The minimum absolute atomic E-state index is 0.579. The second-order valence-corrected chi connectivity index (χ2v) is 8.51. The zero-order chi connectivity index (χ0) is 11.6. The van der Waals surface area contributed by atoms with Gasteiger partial charge in [-0.2, -0.15) is 0 Å². The van der Waals surface area contributed by atoms with E-state index in [2.05, 4.69) is 0 Å². The summed E-state index contributed by atoms with van der Waals surface area (Å²) in [6, 6.07) is 1.49. The van der Waals surface area contributed by atoms with Gasteiger partial charge in [0.25, 0.3) is 0 Å². The predicted octanol–water partition coefficient (Wildman–Crippen LogP) is -0.556. The molecule has 0 aromatic rings. The van der Waals surface area contributed by atoms with Crippen LogP contribution in [0.25, 0.3) is 0 Å². The van der Waals surface area contributed by atoms with Crippen LogP contribution in [0, 0.1) is 0 Å². The van der Waals surface area contributed by atoms with E-state index in [1.54, 1.807) is 12.2 Å². The van der Waals surface area contributed by atoms with Crippen molar-refractivity contribution in [2.75, 3.05) is 0 Å². The van der Waals surface area contributed by atoms with Gasteiger partial charge in [0, 0.05) is 0 Å². The maximum Gasteiger partial charge on any atom is 0.480 e. The number of hydrogen-bond acceptors (Lipinski definition) is 4. The number of hydrogen-bond donors (Lipinski definition) is 4. The third-order valence-corrected chi connectivity index (χ3v) is 8.79. The number of allylic oxidation sites excluding steroid dienone is 2. The summed E-state index contributed by atoms with van der Waals surface area (Å²) >= 11 is 0. The molecule has 4 nitrogen and oxygen atoms in total. The summed E-state index contributed by atoms with van der Waals surface area (Å²) in [7, 11) is -5.21. The third kappa shape index (κ3) is 1.98. The maximum absolute atomic E-state index is 9.27. The van der Waals surface area contributed by atoms with Crippen molar-refractivity contribution in [2.24, 2.45) is 0 Å². The lowest BCUT2D eigenvalue weighted by atomic mass is 9.89. The summed E-state index contributed by atoms with van der Waals surface area (Å²) in [4.78, 5) is 0. The molecule has 0 saturated heterocycles. The van der Waals surface area contributed by atoms with Crippen molar-refractivity contribution in [3.8, 4) is 0 Å². The van der Waals surface area contributed by atoms with Gasteiger partial charge in [0.2, 0.25) is 0 Å². The molecule has 0 saturated carbocycles. The Balaban J connectivity index is 3.11. The molecular weight excluding hydrogens is 210 g/mol. The predicted molar refractivity (Wildman–Crippen MR) is 63.3 cm³/mol. The highest BCUT2D eigenvalue weighted by Gasteiger charge is 2.47. The fraction of sp³-hybridized carbons (Fsp3) is 0.500. The van der Waals surface area contributed by atoms with Crippen molar-refractivity contribution < 1.29 is 20.1 Å². The zero-order valence-electron chi connectivity index (χ0n) is 9.01. The largest absolute Gasteiger partial charge is 0.480 e. The van der Waals surface area contributed by atoms with Crippen LogP contribution in [0.1, 0.15) is 13.8 Å². The lowest BCUT2D eigenvalue weighted by Crippen LogP contribution is -2.47. The molecular formula is C8H16B2O4Si. The standard InChI is InChI=1S/C8H16B2O4Si/c1-3-15(4-2)7(9(11)12)5-6-8(15)10(13)14/h5-6,11-14H,3-4H2,1-2H3. The van der Waals surface area contributed by atoms with Gasteiger partial charge in [-0.15, -0.1) is 0 Å². The lowest BCUT2D eigenvalue weighted by Gasteiger charge is -2.31. The first kappa shape index (κ1) is 12.7. The molecule has 1 aliphatic heterocycles. The van der Waals surface area contributed by atoms with Gasteiger partial charge in [0.05, 0.1) is 0 Å². The molecule has 7 heteroatoms. The minimum Gasteiger partial charge on any atom is -0.424 e. The van der Waals surface area contributed by atoms with Crippen LogP contribution in [0.5, 0.6) is 0 Å². The van der Waals surface area contributed by atoms with Gasteiger partial charge in [0.1, 0.15) is 8.07 Å². The van der Waals surface area contributed by atoms with Gasteiger partial charge in [-0.3, -0.25) is 0 Å². The molecule has 0 spiro atoms. The van der Waals surface area contributed by atoms with Gasteiger partial charge in [-0.05, 0) is 10.2 Å². The quantitative estimate of drug-likeness (QED) is 0.484. The topological polar surface area (TPSA) is 80.9 Å². The fourth-order valence-electron chi connectivity index (χ4n) is 2.40. The second kappa shape index (κ2) is 4.67. The number of rotatable bonds is 4. The molecule has 0 aromatic carbocycles. The zero-order valence-corrected chi connectivity index (χ0v) is 10.0. The summed E-state index contributed by atoms with van der Waals surface area (Å²) in [5.41, 5.74) is 0. The van der Waals surface area contributed by atoms with E-state index in [9.17, 15) is 20.1 Å². The molecule has 0 aliphatic carbocycles. The van der Waals surface area contributed by atoms with E-state index >= 15 is 0 Å². The first-order valence-electron chi connectivity index (χ1n) is 5.14. The van der Waals surface area contributed by atoms with Crippen LogP contribution in [-0.4, -0.2) is 42.4 Å². The first-order valence-corrected chi connectivity index (χ1v) is 7.56. The van der Waals surface area contributed by atoms with Crippen LogP contribution in [-0.2, 0) is 0 Å². The average Bonchev–Trinajstić information content (AvgIpc) is 2.57. The summed E-state index contributed by atoms with van der Waals surface area (Å²) in [6.45, 7) is 3.90. The van der Waals surface area contributed by atoms with E-state index in [1.807, 2.05) is 13.8 Å².